The van der Waals surface area contributed by atoms with Crippen LogP contribution in [-0.4, -0.2) is 53.2 Å². The normalized spacial score (nSPS) is 15.6. The number of benzene rings is 3. The van der Waals surface area contributed by atoms with Crippen LogP contribution >= 0.6 is 0 Å². The third kappa shape index (κ3) is 5.60. The van der Waals surface area contributed by atoms with E-state index in [0.717, 1.165) is 53.9 Å². The molecule has 0 aromatic heterocycles. The molecule has 206 valence electrons. The summed E-state index contributed by atoms with van der Waals surface area (Å²) < 4.78 is 34.2. The molecule has 2 aliphatic rings. The second kappa shape index (κ2) is 11.4. The molecule has 0 bridgehead atoms. The van der Waals surface area contributed by atoms with Crippen LogP contribution in [0.25, 0.3) is 11.1 Å². The van der Waals surface area contributed by atoms with Gasteiger partial charge in [-0.1, -0.05) is 12.1 Å². The van der Waals surface area contributed by atoms with E-state index in [4.69, 9.17) is 28.4 Å². The van der Waals surface area contributed by atoms with Gasteiger partial charge in [0.25, 0.3) is 0 Å². The Balaban J connectivity index is 1.35. The minimum atomic E-state index is -0.532. The Morgan fingerprint density at radius 2 is 1.54 bits per heavy atom. The van der Waals surface area contributed by atoms with Crippen LogP contribution < -0.4 is 34.3 Å². The Labute approximate surface area is 228 Å². The SMILES string of the molecule is COc1ccc(-c2ccc3c(c2)COC2(CCNCC2)O3)cc1NC(=O)Cc1cc(OC)c(OC)c(OC)c1. The van der Waals surface area contributed by atoms with Gasteiger partial charge in [0, 0.05) is 31.5 Å². The van der Waals surface area contributed by atoms with Crippen molar-refractivity contribution in [1.29, 1.82) is 0 Å². The molecule has 2 heterocycles. The predicted octanol–water partition coefficient (Wildman–Crippen LogP) is 4.56. The molecule has 0 atom stereocenters. The smallest absolute Gasteiger partial charge is 0.228 e. The summed E-state index contributed by atoms with van der Waals surface area (Å²) in [6.45, 7) is 2.26. The van der Waals surface area contributed by atoms with Crippen LogP contribution in [0.2, 0.25) is 0 Å². The Bertz CT molecular complexity index is 1330. The maximum absolute atomic E-state index is 13.1. The second-order valence-electron chi connectivity index (χ2n) is 9.55. The number of hydrogen-bond acceptors (Lipinski definition) is 8. The molecule has 0 aliphatic carbocycles. The van der Waals surface area contributed by atoms with Crippen molar-refractivity contribution in [3.63, 3.8) is 0 Å². The van der Waals surface area contributed by atoms with Gasteiger partial charge in [0.2, 0.25) is 17.4 Å². The Morgan fingerprint density at radius 1 is 0.872 bits per heavy atom. The minimum Gasteiger partial charge on any atom is -0.495 e. The molecule has 3 aromatic rings. The standard InChI is InChI=1S/C30H34N2O7/c1-34-25-8-6-21(20-5-7-24-22(16-20)18-38-30(39-24)9-11-31-12-10-30)17-23(25)32-28(33)15-19-13-26(35-2)29(37-4)27(14-19)36-3/h5-8,13-14,16-17,31H,9-12,15,18H2,1-4H3,(H,32,33). The molecular weight excluding hydrogens is 500 g/mol. The first-order chi connectivity index (χ1) is 19.0. The van der Waals surface area contributed by atoms with Crippen molar-refractivity contribution in [2.45, 2.75) is 31.7 Å². The van der Waals surface area contributed by atoms with E-state index in [1.54, 1.807) is 40.6 Å². The van der Waals surface area contributed by atoms with Crippen LogP contribution in [0.1, 0.15) is 24.0 Å². The van der Waals surface area contributed by atoms with E-state index in [2.05, 4.69) is 16.7 Å². The number of amides is 1. The number of anilines is 1. The van der Waals surface area contributed by atoms with Crippen LogP contribution in [0.4, 0.5) is 5.69 Å². The van der Waals surface area contributed by atoms with Crippen molar-refractivity contribution in [2.75, 3.05) is 46.8 Å². The summed E-state index contributed by atoms with van der Waals surface area (Å²) in [7, 11) is 6.21. The van der Waals surface area contributed by atoms with Gasteiger partial charge in [-0.3, -0.25) is 4.79 Å². The van der Waals surface area contributed by atoms with Gasteiger partial charge in [-0.25, -0.2) is 0 Å². The molecular formula is C30H34N2O7. The molecule has 2 aliphatic heterocycles. The molecule has 1 fully saturated rings. The molecule has 1 saturated heterocycles. The zero-order valence-electron chi connectivity index (χ0n) is 22.7. The molecule has 0 saturated carbocycles. The van der Waals surface area contributed by atoms with Crippen molar-refractivity contribution >= 4 is 11.6 Å². The third-order valence-corrected chi connectivity index (χ3v) is 7.11. The number of fused-ring (bicyclic) bond motifs is 1. The summed E-state index contributed by atoms with van der Waals surface area (Å²) in [6, 6.07) is 15.4. The van der Waals surface area contributed by atoms with Gasteiger partial charge in [0.05, 0.1) is 47.2 Å². The van der Waals surface area contributed by atoms with Crippen LogP contribution in [0.15, 0.2) is 48.5 Å². The van der Waals surface area contributed by atoms with E-state index < -0.39 is 5.79 Å². The Morgan fingerprint density at radius 3 is 2.21 bits per heavy atom. The number of nitrogens with one attached hydrogen (secondary N) is 2. The van der Waals surface area contributed by atoms with Crippen LogP contribution in [-0.2, 0) is 22.6 Å². The molecule has 9 heteroatoms. The number of rotatable bonds is 8. The molecule has 3 aromatic carbocycles. The Kier molecular flexibility index (Phi) is 7.81. The molecule has 1 spiro atoms. The number of carbonyl (C=O) groups is 1. The summed E-state index contributed by atoms with van der Waals surface area (Å²) in [5.74, 6) is 2.14. The fraction of sp³-hybridized carbons (Fsp3) is 0.367. The van der Waals surface area contributed by atoms with E-state index in [1.807, 2.05) is 30.3 Å². The lowest BCUT2D eigenvalue weighted by Crippen LogP contribution is -2.49. The lowest BCUT2D eigenvalue weighted by atomic mass is 9.99. The van der Waals surface area contributed by atoms with Gasteiger partial charge in [-0.05, 0) is 53.1 Å². The van der Waals surface area contributed by atoms with Crippen molar-refractivity contribution in [3.05, 3.63) is 59.7 Å². The van der Waals surface area contributed by atoms with Gasteiger partial charge in [0.15, 0.2) is 11.5 Å². The molecule has 39 heavy (non-hydrogen) atoms. The molecule has 2 N–H and O–H groups in total. The highest BCUT2D eigenvalue weighted by atomic mass is 16.7. The molecule has 1 amide bonds. The van der Waals surface area contributed by atoms with Crippen molar-refractivity contribution in [1.82, 2.24) is 5.32 Å². The van der Waals surface area contributed by atoms with Crippen molar-refractivity contribution in [2.24, 2.45) is 0 Å². The summed E-state index contributed by atoms with van der Waals surface area (Å²) in [5, 5.41) is 6.34. The highest BCUT2D eigenvalue weighted by Gasteiger charge is 2.38. The van der Waals surface area contributed by atoms with E-state index in [0.29, 0.717) is 35.3 Å². The maximum Gasteiger partial charge on any atom is 0.228 e. The average Bonchev–Trinajstić information content (AvgIpc) is 2.96. The first-order valence-electron chi connectivity index (χ1n) is 12.9. The monoisotopic (exact) mass is 534 g/mol. The predicted molar refractivity (Wildman–Crippen MR) is 147 cm³/mol. The van der Waals surface area contributed by atoms with E-state index in [9.17, 15) is 4.79 Å². The van der Waals surface area contributed by atoms with Crippen LogP contribution in [0, 0.1) is 0 Å². The topological polar surface area (TPSA) is 96.5 Å². The first kappa shape index (κ1) is 26.6. The fourth-order valence-electron chi connectivity index (χ4n) is 5.07. The van der Waals surface area contributed by atoms with Crippen molar-refractivity contribution < 1.29 is 33.2 Å². The van der Waals surface area contributed by atoms with Gasteiger partial charge in [0.1, 0.15) is 11.5 Å². The van der Waals surface area contributed by atoms with Crippen LogP contribution in [0.3, 0.4) is 0 Å². The molecule has 5 rings (SSSR count). The quantitative estimate of drug-likeness (QED) is 0.434. The van der Waals surface area contributed by atoms with Gasteiger partial charge in [-0.2, -0.15) is 0 Å². The highest BCUT2D eigenvalue weighted by molar-refractivity contribution is 5.94. The summed E-state index contributed by atoms with van der Waals surface area (Å²) in [4.78, 5) is 13.1. The number of methoxy groups -OCH3 is 4. The summed E-state index contributed by atoms with van der Waals surface area (Å²) in [6.07, 6.45) is 1.76. The zero-order chi connectivity index (χ0) is 27.4. The largest absolute Gasteiger partial charge is 0.495 e. The molecule has 0 radical (unpaired) electrons. The molecule has 0 unspecified atom stereocenters. The maximum atomic E-state index is 13.1. The second-order valence-corrected chi connectivity index (χ2v) is 9.55. The number of ether oxygens (including phenoxy) is 6. The number of carbonyl (C=O) groups excluding carboxylic acids is 1. The minimum absolute atomic E-state index is 0.106. The number of hydrogen-bond donors (Lipinski definition) is 2. The first-order valence-corrected chi connectivity index (χ1v) is 12.9. The Hall–Kier alpha value is -3.95. The van der Waals surface area contributed by atoms with Gasteiger partial charge in [-0.15, -0.1) is 0 Å². The number of piperidine rings is 1. The van der Waals surface area contributed by atoms with E-state index in [1.165, 1.54) is 0 Å². The van der Waals surface area contributed by atoms with Gasteiger partial charge >= 0.3 is 0 Å². The van der Waals surface area contributed by atoms with Crippen LogP contribution in [0.5, 0.6) is 28.7 Å². The zero-order valence-corrected chi connectivity index (χ0v) is 22.7. The molecule has 9 nitrogen and oxygen atoms in total. The summed E-state index contributed by atoms with van der Waals surface area (Å²) >= 11 is 0. The van der Waals surface area contributed by atoms with Crippen molar-refractivity contribution in [3.8, 4) is 39.9 Å². The lowest BCUT2D eigenvalue weighted by Gasteiger charge is -2.41. The van der Waals surface area contributed by atoms with Gasteiger partial charge < -0.3 is 39.1 Å². The van der Waals surface area contributed by atoms with E-state index >= 15 is 0 Å². The highest BCUT2D eigenvalue weighted by Crippen LogP contribution is 2.40. The van der Waals surface area contributed by atoms with E-state index in [-0.39, 0.29) is 12.3 Å². The fourth-order valence-corrected chi connectivity index (χ4v) is 5.07. The summed E-state index contributed by atoms with van der Waals surface area (Å²) in [5.41, 5.74) is 4.22. The lowest BCUT2D eigenvalue weighted by molar-refractivity contribution is -0.218. The average molecular weight is 535 g/mol. The third-order valence-electron chi connectivity index (χ3n) is 7.11.